The van der Waals surface area contributed by atoms with Crippen LogP contribution in [0, 0.1) is 0 Å². The molecule has 2 rings (SSSR count). The highest BCUT2D eigenvalue weighted by atomic mass is 35.5. The zero-order valence-corrected chi connectivity index (χ0v) is 9.11. The summed E-state index contributed by atoms with van der Waals surface area (Å²) in [5, 5.41) is 0.522. The maximum atomic E-state index is 12.0. The van der Waals surface area contributed by atoms with Gasteiger partial charge in [-0.15, -0.1) is 0 Å². The molecule has 0 amide bonds. The van der Waals surface area contributed by atoms with Crippen molar-refractivity contribution in [3.8, 4) is 0 Å². The van der Waals surface area contributed by atoms with Gasteiger partial charge in [-0.1, -0.05) is 23.7 Å². The first-order valence-corrected chi connectivity index (χ1v) is 5.06. The minimum atomic E-state index is -0.173. The topological polar surface area (TPSA) is 56.0 Å². The first-order chi connectivity index (χ1) is 7.68. The van der Waals surface area contributed by atoms with Gasteiger partial charge in [0.2, 0.25) is 0 Å². The van der Waals surface area contributed by atoms with Crippen molar-refractivity contribution in [2.45, 2.75) is 0 Å². The molecule has 0 aliphatic carbocycles. The summed E-state index contributed by atoms with van der Waals surface area (Å²) in [5.41, 5.74) is 7.02. The molecule has 0 radical (unpaired) electrons. The Kier molecular flexibility index (Phi) is 2.88. The van der Waals surface area contributed by atoms with Crippen LogP contribution < -0.4 is 5.73 Å². The van der Waals surface area contributed by atoms with Crippen LogP contribution in [0.5, 0.6) is 0 Å². The summed E-state index contributed by atoms with van der Waals surface area (Å²) in [7, 11) is 0. The second kappa shape index (κ2) is 4.33. The second-order valence-electron chi connectivity index (χ2n) is 3.30. The number of hydrogen-bond donors (Lipinski definition) is 1. The molecule has 16 heavy (non-hydrogen) atoms. The van der Waals surface area contributed by atoms with Crippen LogP contribution in [0.25, 0.3) is 0 Å². The summed E-state index contributed by atoms with van der Waals surface area (Å²) in [6.45, 7) is 0. The van der Waals surface area contributed by atoms with Crippen LogP contribution in [0.1, 0.15) is 15.9 Å². The van der Waals surface area contributed by atoms with Crippen LogP contribution in [0.15, 0.2) is 42.7 Å². The lowest BCUT2D eigenvalue weighted by molar-refractivity contribution is 0.103. The van der Waals surface area contributed by atoms with Gasteiger partial charge in [0.15, 0.2) is 5.78 Å². The third-order valence-electron chi connectivity index (χ3n) is 2.19. The highest BCUT2D eigenvalue weighted by Crippen LogP contribution is 2.17. The lowest BCUT2D eigenvalue weighted by Gasteiger charge is -2.03. The largest absolute Gasteiger partial charge is 0.398 e. The van der Waals surface area contributed by atoms with Gasteiger partial charge in [-0.2, -0.15) is 0 Å². The highest BCUT2D eigenvalue weighted by molar-refractivity contribution is 6.31. The Balaban J connectivity index is 2.44. The van der Waals surface area contributed by atoms with Crippen molar-refractivity contribution in [1.82, 2.24) is 4.98 Å². The Hall–Kier alpha value is -1.87. The number of carbonyl (C=O) groups is 1. The average Bonchev–Trinajstić information content (AvgIpc) is 2.29. The Bertz CT molecular complexity index is 540. The predicted molar refractivity (Wildman–Crippen MR) is 63.5 cm³/mol. The molecule has 2 aromatic rings. The molecule has 1 heterocycles. The Morgan fingerprint density at radius 2 is 2.12 bits per heavy atom. The number of hydrogen-bond acceptors (Lipinski definition) is 3. The number of aromatic nitrogens is 1. The van der Waals surface area contributed by atoms with E-state index in [0.29, 0.717) is 21.8 Å². The third-order valence-corrected chi connectivity index (χ3v) is 2.42. The van der Waals surface area contributed by atoms with Gasteiger partial charge in [0.25, 0.3) is 0 Å². The van der Waals surface area contributed by atoms with E-state index in [1.807, 2.05) is 0 Å². The summed E-state index contributed by atoms with van der Waals surface area (Å²) in [4.78, 5) is 15.9. The van der Waals surface area contributed by atoms with E-state index in [1.165, 1.54) is 6.20 Å². The molecule has 4 heteroatoms. The van der Waals surface area contributed by atoms with E-state index >= 15 is 0 Å². The van der Waals surface area contributed by atoms with Gasteiger partial charge in [0.1, 0.15) is 0 Å². The lowest BCUT2D eigenvalue weighted by Crippen LogP contribution is -2.05. The summed E-state index contributed by atoms with van der Waals surface area (Å²) < 4.78 is 0. The van der Waals surface area contributed by atoms with Crippen molar-refractivity contribution in [3.05, 3.63) is 58.9 Å². The summed E-state index contributed by atoms with van der Waals surface area (Å²) >= 11 is 5.82. The highest BCUT2D eigenvalue weighted by Gasteiger charge is 2.12. The van der Waals surface area contributed by atoms with E-state index in [0.717, 1.165) is 0 Å². The fraction of sp³-hybridized carbons (Fsp3) is 0. The van der Waals surface area contributed by atoms with Gasteiger partial charge in [0, 0.05) is 28.7 Å². The van der Waals surface area contributed by atoms with Crippen LogP contribution in [0.2, 0.25) is 5.02 Å². The standard InChI is InChI=1S/C12H9ClN2O/c13-9-3-1-2-8(6-9)12(16)10-7-15-5-4-11(10)14/h1-7H,(H2,14,15). The number of halogens is 1. The first-order valence-electron chi connectivity index (χ1n) is 4.68. The molecule has 0 unspecified atom stereocenters. The minimum Gasteiger partial charge on any atom is -0.398 e. The molecule has 80 valence electrons. The number of nitrogens with two attached hydrogens (primary N) is 1. The maximum absolute atomic E-state index is 12.0. The van der Waals surface area contributed by atoms with Crippen molar-refractivity contribution in [1.29, 1.82) is 0 Å². The van der Waals surface area contributed by atoms with E-state index in [4.69, 9.17) is 17.3 Å². The molecule has 0 saturated heterocycles. The maximum Gasteiger partial charge on any atom is 0.196 e. The molecule has 3 nitrogen and oxygen atoms in total. The number of pyridine rings is 1. The van der Waals surface area contributed by atoms with E-state index in [9.17, 15) is 4.79 Å². The number of rotatable bonds is 2. The van der Waals surface area contributed by atoms with Crippen LogP contribution in [0.4, 0.5) is 5.69 Å². The van der Waals surface area contributed by atoms with E-state index < -0.39 is 0 Å². The van der Waals surface area contributed by atoms with E-state index in [2.05, 4.69) is 4.98 Å². The Morgan fingerprint density at radius 3 is 2.81 bits per heavy atom. The SMILES string of the molecule is Nc1ccncc1C(=O)c1cccc(Cl)c1. The predicted octanol–water partition coefficient (Wildman–Crippen LogP) is 2.55. The van der Waals surface area contributed by atoms with Crippen LogP contribution in [-0.4, -0.2) is 10.8 Å². The van der Waals surface area contributed by atoms with Crippen LogP contribution in [-0.2, 0) is 0 Å². The molecule has 0 atom stereocenters. The summed E-state index contributed by atoms with van der Waals surface area (Å²) in [6.07, 6.45) is 3.00. The fourth-order valence-electron chi connectivity index (χ4n) is 1.38. The third kappa shape index (κ3) is 2.04. The molecule has 1 aromatic carbocycles. The number of ketones is 1. The molecule has 0 saturated carbocycles. The van der Waals surface area contributed by atoms with Gasteiger partial charge < -0.3 is 5.73 Å². The number of anilines is 1. The van der Waals surface area contributed by atoms with Gasteiger partial charge in [-0.05, 0) is 18.2 Å². The van der Waals surface area contributed by atoms with Crippen LogP contribution in [0.3, 0.4) is 0 Å². The van der Waals surface area contributed by atoms with Gasteiger partial charge in [-0.3, -0.25) is 9.78 Å². The zero-order valence-electron chi connectivity index (χ0n) is 8.35. The number of nitrogen functional groups attached to an aromatic ring is 1. The van der Waals surface area contributed by atoms with Crippen molar-refractivity contribution < 1.29 is 4.79 Å². The average molecular weight is 233 g/mol. The number of benzene rings is 1. The first kappa shape index (κ1) is 10.6. The molecule has 0 fully saturated rings. The molecule has 2 N–H and O–H groups in total. The molecule has 0 bridgehead atoms. The smallest absolute Gasteiger partial charge is 0.196 e. The van der Waals surface area contributed by atoms with Crippen molar-refractivity contribution in [2.24, 2.45) is 0 Å². The summed E-state index contributed by atoms with van der Waals surface area (Å²) in [6, 6.07) is 8.34. The molecular formula is C12H9ClN2O. The van der Waals surface area contributed by atoms with Gasteiger partial charge in [-0.25, -0.2) is 0 Å². The molecule has 0 aliphatic heterocycles. The summed E-state index contributed by atoms with van der Waals surface area (Å²) in [5.74, 6) is -0.173. The van der Waals surface area contributed by atoms with Gasteiger partial charge in [0.05, 0.1) is 5.56 Å². The normalized spacial score (nSPS) is 10.1. The van der Waals surface area contributed by atoms with E-state index in [1.54, 1.807) is 36.5 Å². The van der Waals surface area contributed by atoms with Crippen molar-refractivity contribution >= 4 is 23.1 Å². The minimum absolute atomic E-state index is 0.173. The molecular weight excluding hydrogens is 224 g/mol. The quantitative estimate of drug-likeness (QED) is 0.810. The number of carbonyl (C=O) groups excluding carboxylic acids is 1. The van der Waals surface area contributed by atoms with E-state index in [-0.39, 0.29) is 5.78 Å². The van der Waals surface area contributed by atoms with Crippen LogP contribution >= 0.6 is 11.6 Å². The van der Waals surface area contributed by atoms with Crippen molar-refractivity contribution in [2.75, 3.05) is 5.73 Å². The zero-order chi connectivity index (χ0) is 11.5. The lowest BCUT2D eigenvalue weighted by atomic mass is 10.0. The second-order valence-corrected chi connectivity index (χ2v) is 3.74. The van der Waals surface area contributed by atoms with Gasteiger partial charge >= 0.3 is 0 Å². The Morgan fingerprint density at radius 1 is 1.31 bits per heavy atom. The molecule has 0 spiro atoms. The molecule has 1 aromatic heterocycles. The van der Waals surface area contributed by atoms with Crippen molar-refractivity contribution in [3.63, 3.8) is 0 Å². The Labute approximate surface area is 97.9 Å². The number of nitrogens with zero attached hydrogens (tertiary/aromatic N) is 1. The fourth-order valence-corrected chi connectivity index (χ4v) is 1.57. The molecule has 0 aliphatic rings. The monoisotopic (exact) mass is 232 g/mol.